The van der Waals surface area contributed by atoms with Gasteiger partial charge in [0.2, 0.25) is 0 Å². The number of halogens is 1. The van der Waals surface area contributed by atoms with Gasteiger partial charge in [0.1, 0.15) is 12.4 Å². The number of amides is 1. The fraction of sp³-hybridized carbons (Fsp3) is 0.105. The van der Waals surface area contributed by atoms with E-state index in [2.05, 4.69) is 5.32 Å². The standard InChI is InChI=1S/C19H15ClN2O4S/c1-12-3-2-4-15(7-12)26-10-13-8-18(27-11-13)19(23)21-17-6-5-14(22(24)25)9-16(17)20/h2-9,11H,10H2,1H3,(H,21,23). The quantitative estimate of drug-likeness (QED) is 0.439. The molecule has 0 fully saturated rings. The number of hydrogen-bond donors (Lipinski definition) is 1. The van der Waals surface area contributed by atoms with E-state index in [0.717, 1.165) is 16.9 Å². The van der Waals surface area contributed by atoms with Crippen LogP contribution in [0.4, 0.5) is 11.4 Å². The fourth-order valence-electron chi connectivity index (χ4n) is 2.35. The summed E-state index contributed by atoms with van der Waals surface area (Å²) in [5.74, 6) is 0.433. The number of nitrogens with one attached hydrogen (secondary N) is 1. The number of benzene rings is 2. The predicted octanol–water partition coefficient (Wildman–Crippen LogP) is 5.45. The molecule has 0 atom stereocenters. The van der Waals surface area contributed by atoms with E-state index in [9.17, 15) is 14.9 Å². The van der Waals surface area contributed by atoms with Gasteiger partial charge in [-0.25, -0.2) is 0 Å². The Bertz CT molecular complexity index is 1000. The Morgan fingerprint density at radius 1 is 1.26 bits per heavy atom. The number of nitro benzene ring substituents is 1. The highest BCUT2D eigenvalue weighted by Crippen LogP contribution is 2.28. The van der Waals surface area contributed by atoms with Gasteiger partial charge in [-0.05, 0) is 42.1 Å². The van der Waals surface area contributed by atoms with Crippen molar-refractivity contribution < 1.29 is 14.5 Å². The number of nitro groups is 1. The third-order valence-corrected chi connectivity index (χ3v) is 4.97. The molecule has 0 saturated carbocycles. The van der Waals surface area contributed by atoms with E-state index < -0.39 is 4.92 Å². The highest BCUT2D eigenvalue weighted by molar-refractivity contribution is 7.12. The molecule has 1 amide bonds. The van der Waals surface area contributed by atoms with Crippen molar-refractivity contribution in [2.45, 2.75) is 13.5 Å². The van der Waals surface area contributed by atoms with Crippen LogP contribution in [0.2, 0.25) is 5.02 Å². The van der Waals surface area contributed by atoms with Crippen LogP contribution < -0.4 is 10.1 Å². The Hall–Kier alpha value is -2.90. The maximum absolute atomic E-state index is 12.4. The third kappa shape index (κ3) is 4.84. The Morgan fingerprint density at radius 3 is 2.78 bits per heavy atom. The lowest BCUT2D eigenvalue weighted by Gasteiger charge is -2.06. The number of nitrogens with zero attached hydrogens (tertiary/aromatic N) is 1. The summed E-state index contributed by atoms with van der Waals surface area (Å²) < 4.78 is 5.73. The van der Waals surface area contributed by atoms with E-state index in [0.29, 0.717) is 17.2 Å². The van der Waals surface area contributed by atoms with Crippen LogP contribution in [0.15, 0.2) is 53.9 Å². The molecule has 3 rings (SSSR count). The van der Waals surface area contributed by atoms with E-state index in [1.54, 1.807) is 6.07 Å². The van der Waals surface area contributed by atoms with E-state index in [1.165, 1.54) is 29.5 Å². The first kappa shape index (κ1) is 18.9. The maximum atomic E-state index is 12.4. The van der Waals surface area contributed by atoms with Crippen molar-refractivity contribution in [2.24, 2.45) is 0 Å². The second-order valence-corrected chi connectivity index (χ2v) is 7.12. The second kappa shape index (κ2) is 8.20. The monoisotopic (exact) mass is 402 g/mol. The molecule has 0 spiro atoms. The number of ether oxygens (including phenoxy) is 1. The first-order valence-electron chi connectivity index (χ1n) is 7.94. The minimum absolute atomic E-state index is 0.108. The molecule has 3 aromatic rings. The van der Waals surface area contributed by atoms with Gasteiger partial charge >= 0.3 is 0 Å². The Kier molecular flexibility index (Phi) is 5.73. The van der Waals surface area contributed by atoms with Crippen molar-refractivity contribution in [1.82, 2.24) is 0 Å². The van der Waals surface area contributed by atoms with Crippen molar-refractivity contribution in [2.75, 3.05) is 5.32 Å². The molecule has 2 aromatic carbocycles. The van der Waals surface area contributed by atoms with Crippen LogP contribution in [-0.2, 0) is 6.61 Å². The van der Waals surface area contributed by atoms with Gasteiger partial charge in [0.05, 0.1) is 20.5 Å². The van der Waals surface area contributed by atoms with Gasteiger partial charge in [0, 0.05) is 17.7 Å². The number of thiophene rings is 1. The predicted molar refractivity (Wildman–Crippen MR) is 106 cm³/mol. The molecule has 8 heteroatoms. The first-order chi connectivity index (χ1) is 12.9. The molecule has 27 heavy (non-hydrogen) atoms. The van der Waals surface area contributed by atoms with Crippen LogP contribution in [-0.4, -0.2) is 10.8 Å². The lowest BCUT2D eigenvalue weighted by atomic mass is 10.2. The van der Waals surface area contributed by atoms with E-state index >= 15 is 0 Å². The average Bonchev–Trinajstić information content (AvgIpc) is 3.11. The second-order valence-electron chi connectivity index (χ2n) is 5.80. The van der Waals surface area contributed by atoms with Gasteiger partial charge in [-0.15, -0.1) is 11.3 Å². The Morgan fingerprint density at radius 2 is 2.07 bits per heavy atom. The maximum Gasteiger partial charge on any atom is 0.271 e. The zero-order chi connectivity index (χ0) is 19.4. The van der Waals surface area contributed by atoms with Crippen molar-refractivity contribution in [3.8, 4) is 5.75 Å². The van der Waals surface area contributed by atoms with Crippen molar-refractivity contribution in [3.63, 3.8) is 0 Å². The summed E-state index contributed by atoms with van der Waals surface area (Å²) in [6.45, 7) is 2.34. The number of carbonyl (C=O) groups is 1. The number of carbonyl (C=O) groups excluding carboxylic acids is 1. The van der Waals surface area contributed by atoms with Crippen LogP contribution in [0.25, 0.3) is 0 Å². The normalized spacial score (nSPS) is 10.4. The van der Waals surface area contributed by atoms with Crippen molar-refractivity contribution in [1.29, 1.82) is 0 Å². The third-order valence-electron chi connectivity index (χ3n) is 3.68. The smallest absolute Gasteiger partial charge is 0.271 e. The summed E-state index contributed by atoms with van der Waals surface area (Å²) in [5.41, 5.74) is 2.17. The van der Waals surface area contributed by atoms with Crippen LogP contribution in [0.3, 0.4) is 0 Å². The Balaban J connectivity index is 1.64. The van der Waals surface area contributed by atoms with E-state index in [4.69, 9.17) is 16.3 Å². The van der Waals surface area contributed by atoms with Crippen LogP contribution >= 0.6 is 22.9 Å². The molecule has 0 saturated heterocycles. The lowest BCUT2D eigenvalue weighted by molar-refractivity contribution is -0.384. The molecule has 0 aliphatic carbocycles. The Labute approximate surface area is 164 Å². The average molecular weight is 403 g/mol. The summed E-state index contributed by atoms with van der Waals surface area (Å²) >= 11 is 7.29. The van der Waals surface area contributed by atoms with E-state index in [-0.39, 0.29) is 16.6 Å². The molecule has 0 unspecified atom stereocenters. The summed E-state index contributed by atoms with van der Waals surface area (Å²) in [7, 11) is 0. The topological polar surface area (TPSA) is 81.5 Å². The van der Waals surface area contributed by atoms with Gasteiger partial charge in [0.25, 0.3) is 11.6 Å². The number of non-ortho nitro benzene ring substituents is 1. The minimum Gasteiger partial charge on any atom is -0.489 e. The molecular formula is C19H15ClN2O4S. The highest BCUT2D eigenvalue weighted by Gasteiger charge is 2.14. The largest absolute Gasteiger partial charge is 0.489 e. The number of hydrogen-bond acceptors (Lipinski definition) is 5. The molecule has 0 bridgehead atoms. The molecule has 0 aliphatic rings. The van der Waals surface area contributed by atoms with Gasteiger partial charge < -0.3 is 10.1 Å². The molecular weight excluding hydrogens is 388 g/mol. The van der Waals surface area contributed by atoms with Gasteiger partial charge in [-0.1, -0.05) is 23.7 Å². The first-order valence-corrected chi connectivity index (χ1v) is 9.20. The molecule has 138 valence electrons. The molecule has 0 radical (unpaired) electrons. The van der Waals surface area contributed by atoms with Crippen LogP contribution in [0, 0.1) is 17.0 Å². The summed E-state index contributed by atoms with van der Waals surface area (Å²) in [5, 5.41) is 15.4. The van der Waals surface area contributed by atoms with Crippen LogP contribution in [0.1, 0.15) is 20.8 Å². The summed E-state index contributed by atoms with van der Waals surface area (Å²) in [4.78, 5) is 23.1. The highest BCUT2D eigenvalue weighted by atomic mass is 35.5. The number of rotatable bonds is 6. The van der Waals surface area contributed by atoms with Crippen LogP contribution in [0.5, 0.6) is 5.75 Å². The molecule has 1 aromatic heterocycles. The molecule has 1 N–H and O–H groups in total. The van der Waals surface area contributed by atoms with Gasteiger partial charge in [0.15, 0.2) is 0 Å². The van der Waals surface area contributed by atoms with Gasteiger partial charge in [-0.3, -0.25) is 14.9 Å². The molecule has 1 heterocycles. The molecule has 6 nitrogen and oxygen atoms in total. The van der Waals surface area contributed by atoms with Gasteiger partial charge in [-0.2, -0.15) is 0 Å². The summed E-state index contributed by atoms with van der Waals surface area (Å²) in [6, 6.07) is 13.4. The lowest BCUT2D eigenvalue weighted by Crippen LogP contribution is -2.10. The minimum atomic E-state index is -0.544. The zero-order valence-electron chi connectivity index (χ0n) is 14.3. The fourth-order valence-corrected chi connectivity index (χ4v) is 3.36. The SMILES string of the molecule is Cc1cccc(OCc2csc(C(=O)Nc3ccc([N+](=O)[O-])cc3Cl)c2)c1. The zero-order valence-corrected chi connectivity index (χ0v) is 15.8. The van der Waals surface area contributed by atoms with E-state index in [1.807, 2.05) is 36.6 Å². The van der Waals surface area contributed by atoms with Crippen molar-refractivity contribution >= 4 is 40.2 Å². The summed E-state index contributed by atoms with van der Waals surface area (Å²) in [6.07, 6.45) is 0. The van der Waals surface area contributed by atoms with Crippen molar-refractivity contribution in [3.05, 3.63) is 85.1 Å². The number of anilines is 1. The number of aryl methyl sites for hydroxylation is 1. The molecule has 0 aliphatic heterocycles.